The van der Waals surface area contributed by atoms with Crippen LogP contribution in [0.25, 0.3) is 5.57 Å². The van der Waals surface area contributed by atoms with E-state index in [1.54, 1.807) is 6.20 Å². The molecule has 1 aromatic heterocycles. The number of hydrogen-bond donors (Lipinski definition) is 1. The SMILES string of the molecule is C=C(C)c1ccnc(C)c1.CO. The van der Waals surface area contributed by atoms with E-state index in [0.717, 1.165) is 18.4 Å². The Bertz CT molecular complexity index is 256. The Labute approximate surface area is 73.6 Å². The highest BCUT2D eigenvalue weighted by atomic mass is 16.2. The van der Waals surface area contributed by atoms with E-state index in [4.69, 9.17) is 5.11 Å². The summed E-state index contributed by atoms with van der Waals surface area (Å²) in [6.07, 6.45) is 1.80. The molecular formula is C10H15NO. The summed E-state index contributed by atoms with van der Waals surface area (Å²) in [7, 11) is 1.00. The predicted molar refractivity (Wildman–Crippen MR) is 51.8 cm³/mol. The van der Waals surface area contributed by atoms with Crippen molar-refractivity contribution in [3.05, 3.63) is 36.2 Å². The minimum absolute atomic E-state index is 1.00. The third-order valence-corrected chi connectivity index (χ3v) is 1.39. The molecule has 0 unspecified atom stereocenters. The highest BCUT2D eigenvalue weighted by Crippen LogP contribution is 2.10. The number of aliphatic hydroxyl groups excluding tert-OH is 1. The van der Waals surface area contributed by atoms with Crippen LogP contribution in [-0.2, 0) is 0 Å². The molecule has 12 heavy (non-hydrogen) atoms. The van der Waals surface area contributed by atoms with Gasteiger partial charge in [0.15, 0.2) is 0 Å². The van der Waals surface area contributed by atoms with Crippen LogP contribution in [0.1, 0.15) is 18.2 Å². The average Bonchev–Trinajstić information content (AvgIpc) is 2.08. The van der Waals surface area contributed by atoms with Crippen LogP contribution >= 0.6 is 0 Å². The number of nitrogens with zero attached hydrogens (tertiary/aromatic N) is 1. The van der Waals surface area contributed by atoms with Crippen molar-refractivity contribution in [3.63, 3.8) is 0 Å². The maximum absolute atomic E-state index is 7.00. The van der Waals surface area contributed by atoms with Gasteiger partial charge < -0.3 is 5.11 Å². The molecule has 2 heteroatoms. The number of hydrogen-bond acceptors (Lipinski definition) is 2. The lowest BCUT2D eigenvalue weighted by molar-refractivity contribution is 0.399. The molecule has 0 aromatic carbocycles. The first-order chi connectivity index (χ1) is 5.70. The standard InChI is InChI=1S/C9H11N.CH4O/c1-7(2)9-4-5-10-8(3)6-9;1-2/h4-6H,1H2,2-3H3;2H,1H3. The molecule has 0 amide bonds. The van der Waals surface area contributed by atoms with Crippen LogP contribution in [-0.4, -0.2) is 17.2 Å². The molecule has 1 aromatic rings. The third kappa shape index (κ3) is 3.30. The molecule has 1 heterocycles. The normalized spacial score (nSPS) is 8.33. The van der Waals surface area contributed by atoms with E-state index < -0.39 is 0 Å². The molecule has 0 radical (unpaired) electrons. The van der Waals surface area contributed by atoms with Crippen molar-refractivity contribution in [2.75, 3.05) is 7.11 Å². The van der Waals surface area contributed by atoms with E-state index in [9.17, 15) is 0 Å². The zero-order chi connectivity index (χ0) is 9.56. The summed E-state index contributed by atoms with van der Waals surface area (Å²) in [6.45, 7) is 7.81. The maximum Gasteiger partial charge on any atom is 0.0378 e. The lowest BCUT2D eigenvalue weighted by Gasteiger charge is -1.98. The van der Waals surface area contributed by atoms with Gasteiger partial charge in [-0.1, -0.05) is 12.2 Å². The van der Waals surface area contributed by atoms with Gasteiger partial charge in [0.1, 0.15) is 0 Å². The topological polar surface area (TPSA) is 33.1 Å². The first-order valence-corrected chi connectivity index (χ1v) is 3.73. The quantitative estimate of drug-likeness (QED) is 0.690. The van der Waals surface area contributed by atoms with E-state index in [2.05, 4.69) is 11.6 Å². The molecule has 0 spiro atoms. The number of aryl methyl sites for hydroxylation is 1. The van der Waals surface area contributed by atoms with Crippen molar-refractivity contribution >= 4 is 5.57 Å². The molecule has 0 atom stereocenters. The first-order valence-electron chi connectivity index (χ1n) is 3.73. The number of pyridine rings is 1. The van der Waals surface area contributed by atoms with Crippen molar-refractivity contribution in [2.24, 2.45) is 0 Å². The second-order valence-corrected chi connectivity index (χ2v) is 2.47. The van der Waals surface area contributed by atoms with Gasteiger partial charge in [0.2, 0.25) is 0 Å². The third-order valence-electron chi connectivity index (χ3n) is 1.39. The van der Waals surface area contributed by atoms with Gasteiger partial charge >= 0.3 is 0 Å². The molecule has 1 N–H and O–H groups in total. The highest BCUT2D eigenvalue weighted by molar-refractivity contribution is 5.60. The van der Waals surface area contributed by atoms with Gasteiger partial charge in [-0.25, -0.2) is 0 Å². The molecule has 66 valence electrons. The molecule has 0 saturated carbocycles. The lowest BCUT2D eigenvalue weighted by atomic mass is 10.1. The van der Waals surface area contributed by atoms with Gasteiger partial charge in [0.25, 0.3) is 0 Å². The van der Waals surface area contributed by atoms with Gasteiger partial charge in [-0.15, -0.1) is 0 Å². The molecule has 2 nitrogen and oxygen atoms in total. The molecule has 0 bridgehead atoms. The lowest BCUT2D eigenvalue weighted by Crippen LogP contribution is -1.82. The molecule has 1 rings (SSSR count). The minimum atomic E-state index is 1.00. The predicted octanol–water partition coefficient (Wildman–Crippen LogP) is 2.03. The Hall–Kier alpha value is -1.15. The monoisotopic (exact) mass is 165 g/mol. The van der Waals surface area contributed by atoms with E-state index in [0.29, 0.717) is 0 Å². The smallest absolute Gasteiger partial charge is 0.0378 e. The largest absolute Gasteiger partial charge is 0.400 e. The van der Waals surface area contributed by atoms with E-state index >= 15 is 0 Å². The Morgan fingerprint density at radius 2 is 2.08 bits per heavy atom. The fourth-order valence-electron chi connectivity index (χ4n) is 0.811. The highest BCUT2D eigenvalue weighted by Gasteiger charge is 1.91. The summed E-state index contributed by atoms with van der Waals surface area (Å²) >= 11 is 0. The molecular weight excluding hydrogens is 150 g/mol. The second kappa shape index (κ2) is 5.49. The second-order valence-electron chi connectivity index (χ2n) is 2.47. The van der Waals surface area contributed by atoms with Crippen LogP contribution in [0.4, 0.5) is 0 Å². The summed E-state index contributed by atoms with van der Waals surface area (Å²) in [5.41, 5.74) is 3.30. The number of aromatic nitrogens is 1. The summed E-state index contributed by atoms with van der Waals surface area (Å²) in [4.78, 5) is 4.08. The van der Waals surface area contributed by atoms with Gasteiger partial charge in [0, 0.05) is 19.0 Å². The number of rotatable bonds is 1. The van der Waals surface area contributed by atoms with E-state index in [1.807, 2.05) is 26.0 Å². The first kappa shape index (κ1) is 10.8. The van der Waals surface area contributed by atoms with Gasteiger partial charge in [-0.05, 0) is 31.5 Å². The Morgan fingerprint density at radius 3 is 2.42 bits per heavy atom. The molecule has 0 aliphatic heterocycles. The molecule has 0 saturated heterocycles. The summed E-state index contributed by atoms with van der Waals surface area (Å²) in [6, 6.07) is 4.00. The van der Waals surface area contributed by atoms with Crippen molar-refractivity contribution < 1.29 is 5.11 Å². The zero-order valence-corrected chi connectivity index (χ0v) is 7.83. The number of aliphatic hydroxyl groups is 1. The van der Waals surface area contributed by atoms with Crippen LogP contribution in [0.5, 0.6) is 0 Å². The Morgan fingerprint density at radius 1 is 1.50 bits per heavy atom. The van der Waals surface area contributed by atoms with Crippen molar-refractivity contribution in [2.45, 2.75) is 13.8 Å². The van der Waals surface area contributed by atoms with Crippen LogP contribution in [0.3, 0.4) is 0 Å². The zero-order valence-electron chi connectivity index (χ0n) is 7.83. The Kier molecular flexibility index (Phi) is 4.97. The van der Waals surface area contributed by atoms with E-state index in [-0.39, 0.29) is 0 Å². The van der Waals surface area contributed by atoms with Crippen molar-refractivity contribution in [1.82, 2.24) is 4.98 Å². The fourth-order valence-corrected chi connectivity index (χ4v) is 0.811. The van der Waals surface area contributed by atoms with E-state index in [1.165, 1.54) is 5.56 Å². The summed E-state index contributed by atoms with van der Waals surface area (Å²) < 4.78 is 0. The fraction of sp³-hybridized carbons (Fsp3) is 0.300. The maximum atomic E-state index is 7.00. The van der Waals surface area contributed by atoms with Crippen LogP contribution in [0, 0.1) is 6.92 Å². The minimum Gasteiger partial charge on any atom is -0.400 e. The van der Waals surface area contributed by atoms with Crippen LogP contribution in [0.2, 0.25) is 0 Å². The van der Waals surface area contributed by atoms with Gasteiger partial charge in [-0.3, -0.25) is 4.98 Å². The summed E-state index contributed by atoms with van der Waals surface area (Å²) in [5.74, 6) is 0. The Balaban J connectivity index is 0.000000561. The van der Waals surface area contributed by atoms with Gasteiger partial charge in [0.05, 0.1) is 0 Å². The van der Waals surface area contributed by atoms with Crippen LogP contribution in [0.15, 0.2) is 24.9 Å². The van der Waals surface area contributed by atoms with Gasteiger partial charge in [-0.2, -0.15) is 0 Å². The van der Waals surface area contributed by atoms with Crippen molar-refractivity contribution in [3.8, 4) is 0 Å². The number of allylic oxidation sites excluding steroid dienone is 1. The van der Waals surface area contributed by atoms with Crippen molar-refractivity contribution in [1.29, 1.82) is 0 Å². The van der Waals surface area contributed by atoms with Crippen LogP contribution < -0.4 is 0 Å². The summed E-state index contributed by atoms with van der Waals surface area (Å²) in [5, 5.41) is 7.00. The molecule has 0 fully saturated rings. The molecule has 0 aliphatic rings. The molecule has 0 aliphatic carbocycles. The average molecular weight is 165 g/mol.